The first-order valence-corrected chi connectivity index (χ1v) is 7.97. The lowest BCUT2D eigenvalue weighted by atomic mass is 10.1. The predicted molar refractivity (Wildman–Crippen MR) is 99.0 cm³/mol. The molecular weight excluding hydrogens is 348 g/mol. The van der Waals surface area contributed by atoms with Crippen molar-refractivity contribution in [3.8, 4) is 11.6 Å². The first-order chi connectivity index (χ1) is 12.9. The first-order valence-electron chi connectivity index (χ1n) is 7.97. The largest absolute Gasteiger partial charge is 0.439 e. The van der Waals surface area contributed by atoms with Crippen molar-refractivity contribution in [2.75, 3.05) is 5.32 Å². The van der Waals surface area contributed by atoms with Crippen LogP contribution in [0.4, 0.5) is 5.69 Å². The number of hydrogen-bond acceptors (Lipinski definition) is 5. The van der Waals surface area contributed by atoms with Gasteiger partial charge in [-0.15, -0.1) is 0 Å². The second-order valence-electron chi connectivity index (χ2n) is 5.70. The van der Waals surface area contributed by atoms with Crippen LogP contribution in [0, 0.1) is 6.92 Å². The molecule has 27 heavy (non-hydrogen) atoms. The van der Waals surface area contributed by atoms with Crippen molar-refractivity contribution in [2.24, 2.45) is 5.73 Å². The van der Waals surface area contributed by atoms with Crippen LogP contribution in [0.3, 0.4) is 0 Å². The monoisotopic (exact) mass is 364 g/mol. The highest BCUT2D eigenvalue weighted by Gasteiger charge is 2.14. The van der Waals surface area contributed by atoms with Crippen LogP contribution in [0.5, 0.6) is 11.6 Å². The maximum Gasteiger partial charge on any atom is 0.261 e. The van der Waals surface area contributed by atoms with Gasteiger partial charge in [0, 0.05) is 17.8 Å². The van der Waals surface area contributed by atoms with E-state index >= 15 is 0 Å². The van der Waals surface area contributed by atoms with Crippen molar-refractivity contribution < 1.29 is 14.3 Å². The molecule has 2 heterocycles. The number of nitrogens with zero attached hydrogens (tertiary/aromatic N) is 1. The number of benzene rings is 1. The Morgan fingerprint density at radius 1 is 1.19 bits per heavy atom. The molecule has 8 heteroatoms. The minimum absolute atomic E-state index is 0.0427. The van der Waals surface area contributed by atoms with Crippen LogP contribution in [-0.4, -0.2) is 21.8 Å². The maximum atomic E-state index is 12.3. The Kier molecular flexibility index (Phi) is 4.98. The number of nitrogens with two attached hydrogens (primary N) is 1. The molecule has 0 aliphatic rings. The summed E-state index contributed by atoms with van der Waals surface area (Å²) in [5.41, 5.74) is 6.11. The number of aromatic amines is 1. The fourth-order valence-corrected chi connectivity index (χ4v) is 2.40. The van der Waals surface area contributed by atoms with E-state index in [1.807, 2.05) is 0 Å². The summed E-state index contributed by atoms with van der Waals surface area (Å²) in [4.78, 5) is 41.9. The topological polar surface area (TPSA) is 127 Å². The second kappa shape index (κ2) is 7.52. The molecule has 0 spiro atoms. The molecule has 0 aliphatic carbocycles. The van der Waals surface area contributed by atoms with Crippen LogP contribution in [0.2, 0.25) is 0 Å². The van der Waals surface area contributed by atoms with Gasteiger partial charge >= 0.3 is 0 Å². The number of rotatable bonds is 5. The lowest BCUT2D eigenvalue weighted by molar-refractivity contribution is 0.0997. The van der Waals surface area contributed by atoms with Gasteiger partial charge in [-0.3, -0.25) is 14.4 Å². The molecule has 0 fully saturated rings. The Morgan fingerprint density at radius 2 is 2.00 bits per heavy atom. The van der Waals surface area contributed by atoms with Gasteiger partial charge in [-0.2, -0.15) is 0 Å². The molecule has 0 atom stereocenters. The van der Waals surface area contributed by atoms with Gasteiger partial charge < -0.3 is 20.8 Å². The van der Waals surface area contributed by atoms with Gasteiger partial charge in [-0.05, 0) is 42.8 Å². The van der Waals surface area contributed by atoms with E-state index in [-0.39, 0.29) is 11.4 Å². The van der Waals surface area contributed by atoms with Crippen LogP contribution in [0.1, 0.15) is 26.3 Å². The number of ether oxygens (including phenoxy) is 1. The van der Waals surface area contributed by atoms with Crippen molar-refractivity contribution in [1.82, 2.24) is 9.97 Å². The van der Waals surface area contributed by atoms with Crippen molar-refractivity contribution in [3.63, 3.8) is 0 Å². The molecule has 0 unspecified atom stereocenters. The number of carbonyl (C=O) groups is 2. The van der Waals surface area contributed by atoms with Crippen molar-refractivity contribution >= 4 is 17.5 Å². The van der Waals surface area contributed by atoms with Crippen molar-refractivity contribution in [2.45, 2.75) is 6.92 Å². The first kappa shape index (κ1) is 17.9. The Balaban J connectivity index is 1.72. The van der Waals surface area contributed by atoms with E-state index in [0.29, 0.717) is 22.6 Å². The number of H-pyrrole nitrogens is 1. The molecule has 3 aromatic rings. The van der Waals surface area contributed by atoms with Crippen LogP contribution >= 0.6 is 0 Å². The standard InChI is InChI=1S/C19H16N4O4/c1-11-7-8-21-18(25)16(11)19(26)23-13-5-6-15(22-10-13)27-14-4-2-3-12(9-14)17(20)24/h2-10H,1H3,(H2,20,24)(H,21,25)(H,23,26). The van der Waals surface area contributed by atoms with E-state index in [9.17, 15) is 14.4 Å². The summed E-state index contributed by atoms with van der Waals surface area (Å²) in [5, 5.41) is 2.62. The number of aromatic nitrogens is 2. The zero-order chi connectivity index (χ0) is 19.4. The minimum Gasteiger partial charge on any atom is -0.439 e. The molecule has 0 saturated carbocycles. The molecule has 0 aliphatic heterocycles. The molecule has 4 N–H and O–H groups in total. The SMILES string of the molecule is Cc1cc[nH]c(=O)c1C(=O)Nc1ccc(Oc2cccc(C(N)=O)c2)nc1. The summed E-state index contributed by atoms with van der Waals surface area (Å²) in [6.07, 6.45) is 2.88. The zero-order valence-corrected chi connectivity index (χ0v) is 14.4. The molecule has 0 saturated heterocycles. The number of primary amides is 1. The van der Waals surface area contributed by atoms with Gasteiger partial charge in [0.15, 0.2) is 0 Å². The quantitative estimate of drug-likeness (QED) is 0.640. The zero-order valence-electron chi connectivity index (χ0n) is 14.4. The summed E-state index contributed by atoms with van der Waals surface area (Å²) in [6, 6.07) is 11.2. The smallest absolute Gasteiger partial charge is 0.261 e. The molecule has 2 amide bonds. The van der Waals surface area contributed by atoms with Gasteiger partial charge in [-0.1, -0.05) is 6.07 Å². The Hall–Kier alpha value is -3.94. The number of amides is 2. The Bertz CT molecular complexity index is 1060. The molecule has 2 aromatic heterocycles. The Morgan fingerprint density at radius 3 is 2.67 bits per heavy atom. The van der Waals surface area contributed by atoms with E-state index in [2.05, 4.69) is 15.3 Å². The maximum absolute atomic E-state index is 12.3. The number of hydrogen-bond donors (Lipinski definition) is 3. The molecule has 3 rings (SSSR count). The van der Waals surface area contributed by atoms with Gasteiger partial charge in [0.1, 0.15) is 11.3 Å². The fourth-order valence-electron chi connectivity index (χ4n) is 2.40. The molecule has 136 valence electrons. The molecule has 0 bridgehead atoms. The van der Waals surface area contributed by atoms with Crippen molar-refractivity contribution in [1.29, 1.82) is 0 Å². The summed E-state index contributed by atoms with van der Waals surface area (Å²) in [7, 11) is 0. The third kappa shape index (κ3) is 4.18. The summed E-state index contributed by atoms with van der Waals surface area (Å²) in [5.74, 6) is -0.415. The van der Waals surface area contributed by atoms with E-state index in [1.54, 1.807) is 43.3 Å². The predicted octanol–water partition coefficient (Wildman–Crippen LogP) is 2.22. The van der Waals surface area contributed by atoms with Crippen molar-refractivity contribution in [3.05, 3.63) is 81.9 Å². The van der Waals surface area contributed by atoms with E-state index in [0.717, 1.165) is 0 Å². The summed E-state index contributed by atoms with van der Waals surface area (Å²) < 4.78 is 5.57. The van der Waals surface area contributed by atoms with E-state index < -0.39 is 17.4 Å². The van der Waals surface area contributed by atoms with E-state index in [1.165, 1.54) is 18.5 Å². The fraction of sp³-hybridized carbons (Fsp3) is 0.0526. The number of nitrogens with one attached hydrogen (secondary N) is 2. The third-order valence-corrected chi connectivity index (χ3v) is 3.73. The molecule has 1 aromatic carbocycles. The summed E-state index contributed by atoms with van der Waals surface area (Å²) in [6.45, 7) is 1.68. The number of aryl methyl sites for hydroxylation is 1. The van der Waals surface area contributed by atoms with Crippen LogP contribution in [0.15, 0.2) is 59.7 Å². The van der Waals surface area contributed by atoms with Gasteiger partial charge in [0.2, 0.25) is 11.8 Å². The lowest BCUT2D eigenvalue weighted by Crippen LogP contribution is -2.24. The van der Waals surface area contributed by atoms with Gasteiger partial charge in [0.05, 0.1) is 11.9 Å². The average Bonchev–Trinajstić information content (AvgIpc) is 2.63. The van der Waals surface area contributed by atoms with Gasteiger partial charge in [0.25, 0.3) is 11.5 Å². The third-order valence-electron chi connectivity index (χ3n) is 3.73. The number of carbonyl (C=O) groups excluding carboxylic acids is 2. The number of anilines is 1. The van der Waals surface area contributed by atoms with Gasteiger partial charge in [-0.25, -0.2) is 4.98 Å². The number of pyridine rings is 2. The lowest BCUT2D eigenvalue weighted by Gasteiger charge is -2.08. The molecule has 0 radical (unpaired) electrons. The van der Waals surface area contributed by atoms with Crippen LogP contribution in [0.25, 0.3) is 0 Å². The Labute approximate surface area is 154 Å². The van der Waals surface area contributed by atoms with Crippen LogP contribution < -0.4 is 21.3 Å². The highest BCUT2D eigenvalue weighted by molar-refractivity contribution is 6.04. The summed E-state index contributed by atoms with van der Waals surface area (Å²) >= 11 is 0. The molecule has 8 nitrogen and oxygen atoms in total. The molecular formula is C19H16N4O4. The highest BCUT2D eigenvalue weighted by Crippen LogP contribution is 2.21. The highest BCUT2D eigenvalue weighted by atomic mass is 16.5. The second-order valence-corrected chi connectivity index (χ2v) is 5.70. The minimum atomic E-state index is -0.558. The van der Waals surface area contributed by atoms with Crippen LogP contribution in [-0.2, 0) is 0 Å². The van der Waals surface area contributed by atoms with E-state index in [4.69, 9.17) is 10.5 Å². The normalized spacial score (nSPS) is 10.3. The average molecular weight is 364 g/mol.